The molecule has 0 bridgehead atoms. The van der Waals surface area contributed by atoms with E-state index in [4.69, 9.17) is 11.6 Å². The fraction of sp³-hybridized carbons (Fsp3) is 0.278. The third kappa shape index (κ3) is 3.36. The molecule has 1 aliphatic rings. The zero-order valence-corrected chi connectivity index (χ0v) is 14.5. The van der Waals surface area contributed by atoms with Crippen molar-refractivity contribution in [2.24, 2.45) is 0 Å². The van der Waals surface area contributed by atoms with Crippen molar-refractivity contribution in [3.8, 4) is 0 Å². The van der Waals surface area contributed by atoms with E-state index in [1.807, 2.05) is 6.07 Å². The first kappa shape index (κ1) is 17.4. The van der Waals surface area contributed by atoms with E-state index in [-0.39, 0.29) is 24.3 Å². The maximum Gasteiger partial charge on any atom is 0.261 e. The molecule has 0 atom stereocenters. The van der Waals surface area contributed by atoms with Gasteiger partial charge in [0.2, 0.25) is 5.91 Å². The van der Waals surface area contributed by atoms with Gasteiger partial charge in [0.15, 0.2) is 0 Å². The number of carbonyl (C=O) groups excluding carboxylic acids is 3. The van der Waals surface area contributed by atoms with Crippen molar-refractivity contribution in [2.75, 3.05) is 26.2 Å². The Bertz CT molecular complexity index is 844. The van der Waals surface area contributed by atoms with Crippen LogP contribution in [-0.2, 0) is 4.79 Å². The first-order chi connectivity index (χ1) is 12.0. The molecule has 0 unspecified atom stereocenters. The molecule has 3 rings (SSSR count). The molecule has 6 nitrogen and oxygen atoms in total. The van der Waals surface area contributed by atoms with Gasteiger partial charge in [-0.25, -0.2) is 0 Å². The molecule has 130 valence electrons. The lowest BCUT2D eigenvalue weighted by Gasteiger charge is -2.27. The van der Waals surface area contributed by atoms with Crippen LogP contribution < -0.4 is 10.6 Å². The van der Waals surface area contributed by atoms with Crippen LogP contribution in [0.1, 0.15) is 27.6 Å². The Balaban J connectivity index is 1.74. The van der Waals surface area contributed by atoms with Crippen LogP contribution in [0.2, 0.25) is 5.02 Å². The van der Waals surface area contributed by atoms with Gasteiger partial charge in [-0.2, -0.15) is 0 Å². The third-order valence-corrected chi connectivity index (χ3v) is 4.46. The van der Waals surface area contributed by atoms with Crippen LogP contribution in [0.25, 0.3) is 10.8 Å². The van der Waals surface area contributed by atoms with Crippen LogP contribution in [0, 0.1) is 0 Å². The molecule has 1 heterocycles. The highest BCUT2D eigenvalue weighted by molar-refractivity contribution is 6.38. The minimum Gasteiger partial charge on any atom is -0.355 e. The van der Waals surface area contributed by atoms with Gasteiger partial charge in [-0.15, -0.1) is 0 Å². The van der Waals surface area contributed by atoms with Gasteiger partial charge in [0.05, 0.1) is 0 Å². The van der Waals surface area contributed by atoms with Gasteiger partial charge in [0.1, 0.15) is 0 Å². The first-order valence-corrected chi connectivity index (χ1v) is 8.41. The molecule has 0 aromatic heterocycles. The molecule has 3 amide bonds. The first-order valence-electron chi connectivity index (χ1n) is 8.03. The molecule has 7 heteroatoms. The number of hydrogen-bond acceptors (Lipinski definition) is 4. The largest absolute Gasteiger partial charge is 0.355 e. The molecular weight excluding hydrogens is 342 g/mol. The second kappa shape index (κ2) is 7.21. The van der Waals surface area contributed by atoms with Crippen LogP contribution in [0.4, 0.5) is 0 Å². The molecule has 0 fully saturated rings. The van der Waals surface area contributed by atoms with Crippen molar-refractivity contribution in [3.63, 3.8) is 0 Å². The van der Waals surface area contributed by atoms with Gasteiger partial charge < -0.3 is 10.6 Å². The van der Waals surface area contributed by atoms with Gasteiger partial charge in [-0.05, 0) is 18.2 Å². The van der Waals surface area contributed by atoms with Crippen molar-refractivity contribution in [3.05, 3.63) is 46.5 Å². The van der Waals surface area contributed by atoms with E-state index in [1.54, 1.807) is 24.3 Å². The number of imide groups is 1. The Labute approximate surface area is 150 Å². The highest BCUT2D eigenvalue weighted by atomic mass is 35.5. The van der Waals surface area contributed by atoms with Crippen molar-refractivity contribution in [2.45, 2.75) is 6.92 Å². The summed E-state index contributed by atoms with van der Waals surface area (Å²) in [5.74, 6) is -0.713. The number of benzene rings is 2. The Hall–Kier alpha value is -2.44. The lowest BCUT2D eigenvalue weighted by atomic mass is 9.94. The summed E-state index contributed by atoms with van der Waals surface area (Å²) in [6.45, 7) is 3.23. The van der Waals surface area contributed by atoms with Crippen LogP contribution in [-0.4, -0.2) is 48.8 Å². The van der Waals surface area contributed by atoms with E-state index in [1.165, 1.54) is 11.8 Å². The molecule has 0 spiro atoms. The Morgan fingerprint density at radius 1 is 1.04 bits per heavy atom. The minimum atomic E-state index is -0.311. The van der Waals surface area contributed by atoms with Crippen molar-refractivity contribution >= 4 is 40.1 Å². The van der Waals surface area contributed by atoms with Crippen LogP contribution in [0.5, 0.6) is 0 Å². The molecule has 0 radical (unpaired) electrons. The average molecular weight is 360 g/mol. The van der Waals surface area contributed by atoms with Gasteiger partial charge in [-0.3, -0.25) is 19.3 Å². The second-order valence-corrected chi connectivity index (χ2v) is 6.23. The van der Waals surface area contributed by atoms with E-state index >= 15 is 0 Å². The molecule has 2 N–H and O–H groups in total. The molecule has 0 saturated carbocycles. The van der Waals surface area contributed by atoms with E-state index in [0.29, 0.717) is 46.6 Å². The van der Waals surface area contributed by atoms with E-state index in [0.717, 1.165) is 0 Å². The molecule has 2 aromatic carbocycles. The average Bonchev–Trinajstić information content (AvgIpc) is 2.59. The SMILES string of the molecule is CC(=O)NCCNCCN1C(=O)c2cccc3c(Cl)ccc(c23)C1=O. The fourth-order valence-electron chi connectivity index (χ4n) is 2.96. The smallest absolute Gasteiger partial charge is 0.261 e. The summed E-state index contributed by atoms with van der Waals surface area (Å²) in [5.41, 5.74) is 0.987. The monoisotopic (exact) mass is 359 g/mol. The number of hydrogen-bond donors (Lipinski definition) is 2. The Morgan fingerprint density at radius 2 is 1.76 bits per heavy atom. The number of nitrogens with one attached hydrogen (secondary N) is 2. The predicted octanol–water partition coefficient (Wildman–Crippen LogP) is 1.81. The van der Waals surface area contributed by atoms with E-state index in [9.17, 15) is 14.4 Å². The number of halogens is 1. The fourth-order valence-corrected chi connectivity index (χ4v) is 3.18. The van der Waals surface area contributed by atoms with E-state index in [2.05, 4.69) is 10.6 Å². The third-order valence-electron chi connectivity index (χ3n) is 4.13. The van der Waals surface area contributed by atoms with E-state index < -0.39 is 0 Å². The number of carbonyl (C=O) groups is 3. The molecule has 0 aliphatic carbocycles. The van der Waals surface area contributed by atoms with Crippen LogP contribution in [0.3, 0.4) is 0 Å². The summed E-state index contributed by atoms with van der Waals surface area (Å²) in [4.78, 5) is 37.5. The summed E-state index contributed by atoms with van der Waals surface area (Å²) in [5, 5.41) is 7.64. The topological polar surface area (TPSA) is 78.5 Å². The zero-order chi connectivity index (χ0) is 18.0. The Morgan fingerprint density at radius 3 is 2.48 bits per heavy atom. The number of amides is 3. The molecule has 1 aliphatic heterocycles. The van der Waals surface area contributed by atoms with Crippen molar-refractivity contribution in [1.82, 2.24) is 15.5 Å². The molecule has 25 heavy (non-hydrogen) atoms. The Kier molecular flexibility index (Phi) is 5.01. The minimum absolute atomic E-state index is 0.0912. The molecule has 2 aromatic rings. The standard InChI is InChI=1S/C18H18ClN3O3/c1-11(23)21-8-7-20-9-10-22-17(24)13-4-2-3-12-15(19)6-5-14(16(12)13)18(22)25/h2-6,20H,7-10H2,1H3,(H,21,23). The van der Waals surface area contributed by atoms with Gasteiger partial charge in [0, 0.05) is 60.0 Å². The quantitative estimate of drug-likeness (QED) is 0.609. The summed E-state index contributed by atoms with van der Waals surface area (Å²) in [6, 6.07) is 8.64. The summed E-state index contributed by atoms with van der Waals surface area (Å²) < 4.78 is 0. The van der Waals surface area contributed by atoms with Gasteiger partial charge in [-0.1, -0.05) is 23.7 Å². The zero-order valence-electron chi connectivity index (χ0n) is 13.8. The number of rotatable bonds is 6. The van der Waals surface area contributed by atoms with Gasteiger partial charge in [0.25, 0.3) is 11.8 Å². The van der Waals surface area contributed by atoms with Crippen LogP contribution >= 0.6 is 11.6 Å². The highest BCUT2D eigenvalue weighted by Gasteiger charge is 2.32. The van der Waals surface area contributed by atoms with Crippen molar-refractivity contribution < 1.29 is 14.4 Å². The number of nitrogens with zero attached hydrogens (tertiary/aromatic N) is 1. The predicted molar refractivity (Wildman–Crippen MR) is 95.9 cm³/mol. The molecular formula is C18H18ClN3O3. The summed E-state index contributed by atoms with van der Waals surface area (Å²) in [6.07, 6.45) is 0. The molecule has 0 saturated heterocycles. The van der Waals surface area contributed by atoms with Crippen molar-refractivity contribution in [1.29, 1.82) is 0 Å². The maximum atomic E-state index is 12.7. The lowest BCUT2D eigenvalue weighted by Crippen LogP contribution is -2.44. The normalized spacial score (nSPS) is 13.4. The second-order valence-electron chi connectivity index (χ2n) is 5.82. The van der Waals surface area contributed by atoms with Gasteiger partial charge >= 0.3 is 0 Å². The van der Waals surface area contributed by atoms with Crippen LogP contribution in [0.15, 0.2) is 30.3 Å². The summed E-state index contributed by atoms with van der Waals surface area (Å²) >= 11 is 6.19. The maximum absolute atomic E-state index is 12.7. The lowest BCUT2D eigenvalue weighted by molar-refractivity contribution is -0.118. The summed E-state index contributed by atoms with van der Waals surface area (Å²) in [7, 11) is 0. The highest BCUT2D eigenvalue weighted by Crippen LogP contribution is 2.33.